The van der Waals surface area contributed by atoms with E-state index in [-0.39, 0.29) is 5.91 Å². The number of anilines is 1. The van der Waals surface area contributed by atoms with E-state index < -0.39 is 6.10 Å². The molecule has 0 aliphatic heterocycles. The third-order valence-corrected chi connectivity index (χ3v) is 4.56. The molecule has 0 aliphatic carbocycles. The summed E-state index contributed by atoms with van der Waals surface area (Å²) in [5.41, 5.74) is 3.95. The second-order valence-corrected chi connectivity index (χ2v) is 7.22. The molecule has 0 fully saturated rings. The monoisotopic (exact) mass is 378 g/mol. The summed E-state index contributed by atoms with van der Waals surface area (Å²) in [5.74, 6) is 0.959. The van der Waals surface area contributed by atoms with Crippen molar-refractivity contribution in [1.29, 1.82) is 0 Å². The van der Waals surface area contributed by atoms with Crippen molar-refractivity contribution >= 4 is 11.6 Å². The molecule has 6 heteroatoms. The third-order valence-electron chi connectivity index (χ3n) is 4.56. The van der Waals surface area contributed by atoms with Crippen LogP contribution in [0.25, 0.3) is 0 Å². The van der Waals surface area contributed by atoms with E-state index in [0.29, 0.717) is 12.5 Å². The molecule has 1 heterocycles. The average molecular weight is 378 g/mol. The molecule has 6 nitrogen and oxygen atoms in total. The van der Waals surface area contributed by atoms with Crippen LogP contribution in [0.4, 0.5) is 5.69 Å². The number of aromatic nitrogens is 3. The first-order valence-corrected chi connectivity index (χ1v) is 9.42. The van der Waals surface area contributed by atoms with Crippen LogP contribution in [0.15, 0.2) is 55.1 Å². The first-order valence-electron chi connectivity index (χ1n) is 9.42. The summed E-state index contributed by atoms with van der Waals surface area (Å²) in [6.07, 6.45) is 2.55. The maximum absolute atomic E-state index is 12.6. The lowest BCUT2D eigenvalue weighted by molar-refractivity contribution is -0.122. The fourth-order valence-electron chi connectivity index (χ4n) is 2.84. The summed E-state index contributed by atoms with van der Waals surface area (Å²) >= 11 is 0. The highest BCUT2D eigenvalue weighted by atomic mass is 16.5. The standard InChI is InChI=1S/C22H26N4O2/c1-15(2)19-9-8-16(3)21(11-19)28-17(4)22(27)25-20-7-5-6-18(10-20)12-26-14-23-13-24-26/h5-11,13-15,17H,12H2,1-4H3,(H,25,27). The van der Waals surface area contributed by atoms with Crippen LogP contribution in [-0.4, -0.2) is 26.8 Å². The molecule has 0 saturated heterocycles. The van der Waals surface area contributed by atoms with E-state index in [2.05, 4.69) is 35.3 Å². The maximum atomic E-state index is 12.6. The highest BCUT2D eigenvalue weighted by molar-refractivity contribution is 5.94. The van der Waals surface area contributed by atoms with Crippen LogP contribution in [0.2, 0.25) is 0 Å². The predicted octanol–water partition coefficient (Wildman–Crippen LogP) is 4.16. The molecule has 1 N–H and O–H groups in total. The Morgan fingerprint density at radius 1 is 1.18 bits per heavy atom. The SMILES string of the molecule is Cc1ccc(C(C)C)cc1OC(C)C(=O)Nc1cccc(Cn2cncn2)c1. The quantitative estimate of drug-likeness (QED) is 0.670. The molecule has 3 aromatic rings. The zero-order valence-corrected chi connectivity index (χ0v) is 16.7. The highest BCUT2D eigenvalue weighted by Crippen LogP contribution is 2.25. The van der Waals surface area contributed by atoms with Crippen molar-refractivity contribution < 1.29 is 9.53 Å². The number of carbonyl (C=O) groups is 1. The molecular formula is C22H26N4O2. The van der Waals surface area contributed by atoms with E-state index in [1.807, 2.05) is 43.3 Å². The van der Waals surface area contributed by atoms with Gasteiger partial charge in [0.1, 0.15) is 18.4 Å². The number of aryl methyl sites for hydroxylation is 1. The van der Waals surface area contributed by atoms with Gasteiger partial charge in [0.2, 0.25) is 0 Å². The number of benzene rings is 2. The maximum Gasteiger partial charge on any atom is 0.265 e. The van der Waals surface area contributed by atoms with Crippen LogP contribution in [-0.2, 0) is 11.3 Å². The zero-order chi connectivity index (χ0) is 20.1. The Hall–Kier alpha value is -3.15. The van der Waals surface area contributed by atoms with Crippen molar-refractivity contribution in [3.05, 3.63) is 71.8 Å². The summed E-state index contributed by atoms with van der Waals surface area (Å²) in [4.78, 5) is 16.6. The van der Waals surface area contributed by atoms with Gasteiger partial charge in [-0.25, -0.2) is 9.67 Å². The van der Waals surface area contributed by atoms with Gasteiger partial charge in [-0.2, -0.15) is 5.10 Å². The smallest absolute Gasteiger partial charge is 0.265 e. The molecule has 1 amide bonds. The lowest BCUT2D eigenvalue weighted by Gasteiger charge is -2.18. The summed E-state index contributed by atoms with van der Waals surface area (Å²) in [7, 11) is 0. The minimum absolute atomic E-state index is 0.188. The molecule has 28 heavy (non-hydrogen) atoms. The Labute approximate surface area is 165 Å². The number of nitrogens with zero attached hydrogens (tertiary/aromatic N) is 3. The first-order chi connectivity index (χ1) is 13.4. The van der Waals surface area contributed by atoms with Gasteiger partial charge in [0, 0.05) is 5.69 Å². The van der Waals surface area contributed by atoms with Crippen LogP contribution < -0.4 is 10.1 Å². The number of nitrogens with one attached hydrogen (secondary N) is 1. The molecule has 2 aromatic carbocycles. The Kier molecular flexibility index (Phi) is 6.09. The van der Waals surface area contributed by atoms with Crippen LogP contribution in [0, 0.1) is 6.92 Å². The Balaban J connectivity index is 1.65. The minimum atomic E-state index is -0.611. The van der Waals surface area contributed by atoms with Crippen molar-refractivity contribution in [1.82, 2.24) is 14.8 Å². The third kappa shape index (κ3) is 4.97. The normalized spacial score (nSPS) is 12.0. The van der Waals surface area contributed by atoms with E-state index in [1.54, 1.807) is 17.9 Å². The Morgan fingerprint density at radius 2 is 2.00 bits per heavy atom. The van der Waals surface area contributed by atoms with Gasteiger partial charge in [0.15, 0.2) is 6.10 Å². The van der Waals surface area contributed by atoms with Crippen molar-refractivity contribution in [2.45, 2.75) is 46.3 Å². The van der Waals surface area contributed by atoms with E-state index in [9.17, 15) is 4.79 Å². The molecule has 1 aromatic heterocycles. The Morgan fingerprint density at radius 3 is 2.71 bits per heavy atom. The highest BCUT2D eigenvalue weighted by Gasteiger charge is 2.17. The van der Waals surface area contributed by atoms with Crippen molar-refractivity contribution in [3.63, 3.8) is 0 Å². The summed E-state index contributed by atoms with van der Waals surface area (Å²) in [6, 6.07) is 13.8. The molecule has 3 rings (SSSR count). The van der Waals surface area contributed by atoms with Crippen LogP contribution in [0.1, 0.15) is 43.4 Å². The van der Waals surface area contributed by atoms with Gasteiger partial charge in [-0.15, -0.1) is 0 Å². The van der Waals surface area contributed by atoms with E-state index >= 15 is 0 Å². The number of amides is 1. The van der Waals surface area contributed by atoms with Crippen molar-refractivity contribution in [3.8, 4) is 5.75 Å². The first kappa shape index (κ1) is 19.6. The summed E-state index contributed by atoms with van der Waals surface area (Å²) < 4.78 is 7.68. The number of hydrogen-bond donors (Lipinski definition) is 1. The molecule has 146 valence electrons. The fourth-order valence-corrected chi connectivity index (χ4v) is 2.84. The number of hydrogen-bond acceptors (Lipinski definition) is 4. The second kappa shape index (κ2) is 8.69. The van der Waals surface area contributed by atoms with Crippen molar-refractivity contribution in [2.24, 2.45) is 0 Å². The van der Waals surface area contributed by atoms with Crippen LogP contribution >= 0.6 is 0 Å². The van der Waals surface area contributed by atoms with Gasteiger partial charge in [-0.05, 0) is 54.7 Å². The largest absolute Gasteiger partial charge is 0.481 e. The number of carbonyl (C=O) groups excluding carboxylic acids is 1. The molecule has 1 unspecified atom stereocenters. The van der Waals surface area contributed by atoms with Gasteiger partial charge in [0.05, 0.1) is 6.54 Å². The number of rotatable bonds is 7. The molecule has 0 radical (unpaired) electrons. The fraction of sp³-hybridized carbons (Fsp3) is 0.318. The van der Waals surface area contributed by atoms with Crippen LogP contribution in [0.3, 0.4) is 0 Å². The Bertz CT molecular complexity index is 935. The lowest BCUT2D eigenvalue weighted by Crippen LogP contribution is -2.30. The molecular weight excluding hydrogens is 352 g/mol. The average Bonchev–Trinajstić information content (AvgIpc) is 3.16. The molecule has 0 saturated carbocycles. The topological polar surface area (TPSA) is 69.0 Å². The van der Waals surface area contributed by atoms with Gasteiger partial charge in [0.25, 0.3) is 5.91 Å². The molecule has 0 spiro atoms. The van der Waals surface area contributed by atoms with Gasteiger partial charge < -0.3 is 10.1 Å². The second-order valence-electron chi connectivity index (χ2n) is 7.22. The summed E-state index contributed by atoms with van der Waals surface area (Å²) in [5, 5.41) is 7.03. The molecule has 0 bridgehead atoms. The molecule has 1 atom stereocenters. The van der Waals surface area contributed by atoms with Gasteiger partial charge >= 0.3 is 0 Å². The zero-order valence-electron chi connectivity index (χ0n) is 16.7. The van der Waals surface area contributed by atoms with Crippen molar-refractivity contribution in [2.75, 3.05) is 5.32 Å². The number of ether oxygens (including phenoxy) is 1. The lowest BCUT2D eigenvalue weighted by atomic mass is 10.0. The minimum Gasteiger partial charge on any atom is -0.481 e. The van der Waals surface area contributed by atoms with E-state index in [0.717, 1.165) is 22.6 Å². The summed E-state index contributed by atoms with van der Waals surface area (Å²) in [6.45, 7) is 8.61. The van der Waals surface area contributed by atoms with E-state index in [1.165, 1.54) is 11.9 Å². The predicted molar refractivity (Wildman–Crippen MR) is 110 cm³/mol. The van der Waals surface area contributed by atoms with E-state index in [4.69, 9.17) is 4.74 Å². The van der Waals surface area contributed by atoms with Gasteiger partial charge in [-0.1, -0.05) is 38.1 Å². The van der Waals surface area contributed by atoms with Gasteiger partial charge in [-0.3, -0.25) is 4.79 Å². The molecule has 0 aliphatic rings. The van der Waals surface area contributed by atoms with Crippen LogP contribution in [0.5, 0.6) is 5.75 Å².